The number of rotatable bonds is 23. The molecule has 28 heteroatoms. The van der Waals surface area contributed by atoms with Crippen LogP contribution < -0.4 is 19.2 Å². The number of esters is 2. The zero-order valence-corrected chi connectivity index (χ0v) is 50.1. The van der Waals surface area contributed by atoms with E-state index in [1.807, 2.05) is 26.0 Å². The molecule has 6 heterocycles. The Hall–Kier alpha value is -6.80. The van der Waals surface area contributed by atoms with E-state index >= 15 is 8.78 Å². The van der Waals surface area contributed by atoms with Gasteiger partial charge in [-0.2, -0.15) is 30.9 Å². The van der Waals surface area contributed by atoms with E-state index in [0.29, 0.717) is 22.4 Å². The van der Waals surface area contributed by atoms with Crippen molar-refractivity contribution in [2.75, 3.05) is 19.8 Å². The Morgan fingerprint density at radius 3 is 1.58 bits per heavy atom. The van der Waals surface area contributed by atoms with Crippen molar-refractivity contribution in [1.29, 1.82) is 10.5 Å². The summed E-state index contributed by atoms with van der Waals surface area (Å²) in [7, 11) is -8.77. The molecule has 0 bridgehead atoms. The highest BCUT2D eigenvalue weighted by Gasteiger charge is 2.69. The molecule has 0 aliphatic carbocycles. The predicted octanol–water partition coefficient (Wildman–Crippen LogP) is 8.17. The first-order valence-electron chi connectivity index (χ1n) is 27.0. The lowest BCUT2D eigenvalue weighted by molar-refractivity contribution is -0.151. The molecule has 2 aromatic carbocycles. The molecule has 0 saturated carbocycles. The third-order valence-electron chi connectivity index (χ3n) is 14.5. The van der Waals surface area contributed by atoms with Crippen LogP contribution in [0.25, 0.3) is 11.0 Å². The SMILES string of the molecule is CCC(CC)COC(=O)C(C)(C)NP(=O)(OC[C@H]1O[C@@](C#N)(c2ccc3c(C)ncnn23)[C@](C)(F)[C@@H]1O)Oc1ccccc1.Cc1ncnn2c([C@]3(C#N)O[C@H](COP(=O)(N[C@@H](C)C(=O)OC(C)C)Oc4ccccc4)[C@@H](O)[C@@]3(C)F)ccc12. The molecular weight excluding hydrogens is 1140 g/mol. The predicted molar refractivity (Wildman–Crippen MR) is 298 cm³/mol. The minimum Gasteiger partial charge on any atom is -0.464 e. The van der Waals surface area contributed by atoms with E-state index in [1.165, 1.54) is 78.9 Å². The van der Waals surface area contributed by atoms with Crippen molar-refractivity contribution >= 4 is 38.5 Å². The molecule has 2 aliphatic heterocycles. The van der Waals surface area contributed by atoms with Crippen molar-refractivity contribution in [3.8, 4) is 23.6 Å². The van der Waals surface area contributed by atoms with Crippen molar-refractivity contribution in [2.24, 2.45) is 5.92 Å². The normalized spacial score (nSPS) is 25.9. The molecule has 452 valence electrons. The van der Waals surface area contributed by atoms with Crippen molar-refractivity contribution < 1.29 is 74.8 Å². The van der Waals surface area contributed by atoms with Gasteiger partial charge in [0.2, 0.25) is 11.2 Å². The molecular formula is C56H70F2N10O14P2. The minimum atomic E-state index is -4.43. The van der Waals surface area contributed by atoms with Crippen molar-refractivity contribution in [2.45, 2.75) is 154 Å². The number of nitriles is 2. The largest absolute Gasteiger partial charge is 0.464 e. The molecule has 0 amide bonds. The molecule has 6 aromatic rings. The highest BCUT2D eigenvalue weighted by molar-refractivity contribution is 7.52. The van der Waals surface area contributed by atoms with E-state index in [4.69, 9.17) is 37.0 Å². The van der Waals surface area contributed by atoms with Gasteiger partial charge in [0.25, 0.3) is 0 Å². The lowest BCUT2D eigenvalue weighted by atomic mass is 9.82. The quantitative estimate of drug-likeness (QED) is 0.0347. The molecule has 2 saturated heterocycles. The molecule has 2 aliphatic rings. The molecule has 4 N–H and O–H groups in total. The van der Waals surface area contributed by atoms with Crippen molar-refractivity contribution in [3.05, 3.63) is 120 Å². The van der Waals surface area contributed by atoms with Gasteiger partial charge in [-0.15, -0.1) is 0 Å². The Morgan fingerprint density at radius 2 is 1.17 bits per heavy atom. The number of fused-ring (bicyclic) bond motifs is 2. The fourth-order valence-corrected chi connectivity index (χ4v) is 12.7. The Labute approximate surface area is 484 Å². The molecule has 11 atom stereocenters. The summed E-state index contributed by atoms with van der Waals surface area (Å²) < 4.78 is 108. The monoisotopic (exact) mass is 1210 g/mol. The number of alkyl halides is 2. The fourth-order valence-electron chi connectivity index (χ4n) is 9.50. The smallest absolute Gasteiger partial charge is 0.459 e. The average Bonchev–Trinajstić information content (AvgIpc) is 1.63. The lowest BCUT2D eigenvalue weighted by Gasteiger charge is -2.30. The Bertz CT molecular complexity index is 3470. The number of aliphatic hydroxyl groups is 2. The van der Waals surface area contributed by atoms with Crippen LogP contribution in [0, 0.1) is 42.4 Å². The van der Waals surface area contributed by atoms with Crippen LogP contribution in [-0.2, 0) is 57.9 Å². The number of para-hydroxylation sites is 2. The first-order valence-corrected chi connectivity index (χ1v) is 30.1. The topological polar surface area (TPSA) is 315 Å². The van der Waals surface area contributed by atoms with Crippen LogP contribution in [0.1, 0.15) is 97.9 Å². The highest BCUT2D eigenvalue weighted by Crippen LogP contribution is 2.54. The second-order valence-electron chi connectivity index (χ2n) is 21.4. The highest BCUT2D eigenvalue weighted by atomic mass is 31.2. The number of halogens is 2. The lowest BCUT2D eigenvalue weighted by Crippen LogP contribution is -2.49. The summed E-state index contributed by atoms with van der Waals surface area (Å²) in [6.07, 6.45) is -2.96. The number of hydrogen-bond donors (Lipinski definition) is 4. The van der Waals surface area contributed by atoms with E-state index < -0.39 is 105 Å². The zero-order chi connectivity index (χ0) is 61.6. The van der Waals surface area contributed by atoms with Crippen LogP contribution >= 0.6 is 15.5 Å². The summed E-state index contributed by atoms with van der Waals surface area (Å²) in [5.74, 6) is -0.895. The second-order valence-corrected chi connectivity index (χ2v) is 24.8. The van der Waals surface area contributed by atoms with Gasteiger partial charge in [0.15, 0.2) is 11.3 Å². The molecule has 24 nitrogen and oxygen atoms in total. The maximum atomic E-state index is 16.4. The van der Waals surface area contributed by atoms with Gasteiger partial charge >= 0.3 is 27.4 Å². The number of ether oxygens (including phenoxy) is 4. The number of aromatic nitrogens is 6. The first-order chi connectivity index (χ1) is 39.6. The van der Waals surface area contributed by atoms with E-state index in [0.717, 1.165) is 26.7 Å². The van der Waals surface area contributed by atoms with Crippen LogP contribution in [0.4, 0.5) is 8.78 Å². The number of nitrogens with zero attached hydrogens (tertiary/aromatic N) is 8. The Morgan fingerprint density at radius 1 is 0.738 bits per heavy atom. The van der Waals surface area contributed by atoms with Crippen LogP contribution in [-0.4, -0.2) is 125 Å². The second kappa shape index (κ2) is 25.8. The number of aliphatic hydroxyl groups excluding tert-OH is 2. The number of carbonyl (C=O) groups is 2. The minimum absolute atomic E-state index is 0.0361. The summed E-state index contributed by atoms with van der Waals surface area (Å²) in [4.78, 5) is 33.6. The van der Waals surface area contributed by atoms with Crippen molar-refractivity contribution in [3.63, 3.8) is 0 Å². The first kappa shape index (κ1) is 64.8. The maximum Gasteiger partial charge on any atom is 0.459 e. The van der Waals surface area contributed by atoms with Gasteiger partial charge in [-0.05, 0) is 117 Å². The summed E-state index contributed by atoms with van der Waals surface area (Å²) in [6, 6.07) is 25.0. The fraction of sp³-hybridized carbons (Fsp3) is 0.500. The molecule has 2 unspecified atom stereocenters. The molecule has 4 aromatic heterocycles. The van der Waals surface area contributed by atoms with E-state index in [9.17, 15) is 39.5 Å². The van der Waals surface area contributed by atoms with Gasteiger partial charge < -0.3 is 38.2 Å². The Kier molecular flexibility index (Phi) is 19.9. The maximum absolute atomic E-state index is 16.4. The van der Waals surface area contributed by atoms with Crippen LogP contribution in [0.5, 0.6) is 11.5 Å². The van der Waals surface area contributed by atoms with Gasteiger partial charge in [-0.3, -0.25) is 18.6 Å². The van der Waals surface area contributed by atoms with E-state index in [-0.39, 0.29) is 35.4 Å². The third-order valence-corrected chi connectivity index (χ3v) is 17.9. The summed E-state index contributed by atoms with van der Waals surface area (Å²) in [5.41, 5.74) is -9.17. The van der Waals surface area contributed by atoms with Gasteiger partial charge in [0.1, 0.15) is 72.3 Å². The number of benzene rings is 2. The summed E-state index contributed by atoms with van der Waals surface area (Å²) >= 11 is 0. The van der Waals surface area contributed by atoms with Crippen LogP contribution in [0.2, 0.25) is 0 Å². The van der Waals surface area contributed by atoms with Crippen LogP contribution in [0.15, 0.2) is 97.6 Å². The zero-order valence-electron chi connectivity index (χ0n) is 48.3. The summed E-state index contributed by atoms with van der Waals surface area (Å²) in [5, 5.41) is 56.0. The number of aryl methyl sites for hydroxylation is 2. The molecule has 8 rings (SSSR count). The number of nitrogens with one attached hydrogen (secondary N) is 2. The van der Waals surface area contributed by atoms with Crippen LogP contribution in [0.3, 0.4) is 0 Å². The van der Waals surface area contributed by atoms with Gasteiger partial charge in [0, 0.05) is 0 Å². The van der Waals surface area contributed by atoms with Gasteiger partial charge in [-0.1, -0.05) is 63.1 Å². The third kappa shape index (κ3) is 13.2. The van der Waals surface area contributed by atoms with Crippen molar-refractivity contribution in [1.82, 2.24) is 39.4 Å². The molecule has 84 heavy (non-hydrogen) atoms. The Balaban J connectivity index is 0.000000242. The van der Waals surface area contributed by atoms with E-state index in [2.05, 4.69) is 30.3 Å². The van der Waals surface area contributed by atoms with Gasteiger partial charge in [0.05, 0.1) is 59.7 Å². The molecule has 2 fully saturated rings. The number of carbonyl (C=O) groups excluding carboxylic acids is 2. The number of hydrogen-bond acceptors (Lipinski definition) is 20. The average molecular weight is 1210 g/mol. The standard InChI is InChI=1S/C30H39FN5O7P.C26H31FN5O7P/c1-7-21(8-2)16-40-27(38)28(4,5)35-44(39,43-22-12-10-9-11-13-22)41-17-24-26(37)29(6,31)30(18-32,42-24)25-15-14-23-20(3)33-19-34-36(23)25;1-16(2)37-24(34)18(4)31-40(35,39-19-9-7-6-8-10-19)36-13-21-23(33)25(5,27)26(14-28,38-21)22-12-11-20-17(3)29-15-30-32(20)22/h9-15,19,21,24,26,37H,7-8,16-17H2,1-6H3,(H,35,39);6-12,15-16,18,21,23,33H,13H2,1-5H3,(H,31,35)/t24-,26-,29-,30+,44?;18-,21+,23+,25+,26-,40?/m10/s1. The summed E-state index contributed by atoms with van der Waals surface area (Å²) in [6.45, 7) is 16.1. The van der Waals surface area contributed by atoms with Gasteiger partial charge in [-0.25, -0.2) is 36.9 Å². The van der Waals surface area contributed by atoms with E-state index in [1.54, 1.807) is 76.2 Å². The molecule has 0 spiro atoms. The molecule has 0 radical (unpaired) electrons.